The Kier molecular flexibility index (Phi) is 2.84. The van der Waals surface area contributed by atoms with Crippen LogP contribution in [0.25, 0.3) is 21.0 Å². The fraction of sp³-hybridized carbons (Fsp3) is 0.267. The molecule has 5 heteroatoms. The standard InChI is InChI=1S/C15H14ClN3S/c1-8-6-18-15-12(7-17-8)20-11-4-3-10-9(14(11)15)2-5-13(16)19-10/h2-5,8,17-18H,6-7H2,1H3. The SMILES string of the molecule is CC1CNc2c(sc3ccc4nc(Cl)ccc4c23)CN1. The predicted molar refractivity (Wildman–Crippen MR) is 86.9 cm³/mol. The van der Waals surface area contributed by atoms with Crippen molar-refractivity contribution < 1.29 is 0 Å². The molecule has 0 aliphatic carbocycles. The Hall–Kier alpha value is -1.36. The molecule has 1 unspecified atom stereocenters. The van der Waals surface area contributed by atoms with E-state index in [4.69, 9.17) is 11.6 Å². The van der Waals surface area contributed by atoms with Gasteiger partial charge in [-0.15, -0.1) is 11.3 Å². The molecule has 4 rings (SSSR count). The molecule has 20 heavy (non-hydrogen) atoms. The highest BCUT2D eigenvalue weighted by atomic mass is 35.5. The zero-order chi connectivity index (χ0) is 13.7. The van der Waals surface area contributed by atoms with Crippen LogP contribution < -0.4 is 10.6 Å². The number of rotatable bonds is 0. The summed E-state index contributed by atoms with van der Waals surface area (Å²) in [6.07, 6.45) is 0. The summed E-state index contributed by atoms with van der Waals surface area (Å²) in [4.78, 5) is 5.79. The quantitative estimate of drug-likeness (QED) is 0.616. The lowest BCUT2D eigenvalue weighted by molar-refractivity contribution is 0.584. The van der Waals surface area contributed by atoms with E-state index in [9.17, 15) is 0 Å². The highest BCUT2D eigenvalue weighted by Gasteiger charge is 2.18. The molecule has 0 saturated heterocycles. The van der Waals surface area contributed by atoms with Crippen molar-refractivity contribution in [1.29, 1.82) is 0 Å². The topological polar surface area (TPSA) is 37.0 Å². The minimum atomic E-state index is 0.479. The summed E-state index contributed by atoms with van der Waals surface area (Å²) in [5.74, 6) is 0. The number of pyridine rings is 1. The van der Waals surface area contributed by atoms with Gasteiger partial charge in [-0.05, 0) is 31.2 Å². The monoisotopic (exact) mass is 303 g/mol. The van der Waals surface area contributed by atoms with E-state index in [0.29, 0.717) is 11.2 Å². The second-order valence-corrected chi connectivity index (χ2v) is 6.73. The first-order valence-electron chi connectivity index (χ1n) is 6.70. The summed E-state index contributed by atoms with van der Waals surface area (Å²) in [6, 6.07) is 8.61. The van der Waals surface area contributed by atoms with Crippen LogP contribution in [0.15, 0.2) is 24.3 Å². The third-order valence-corrected chi connectivity index (χ3v) is 5.12. The Morgan fingerprint density at radius 3 is 3.10 bits per heavy atom. The Morgan fingerprint density at radius 1 is 1.30 bits per heavy atom. The number of nitrogens with zero attached hydrogens (tertiary/aromatic N) is 1. The molecule has 1 aromatic carbocycles. The molecular weight excluding hydrogens is 290 g/mol. The summed E-state index contributed by atoms with van der Waals surface area (Å²) in [5, 5.41) is 10.1. The van der Waals surface area contributed by atoms with Gasteiger partial charge < -0.3 is 10.6 Å². The second-order valence-electron chi connectivity index (χ2n) is 5.20. The fourth-order valence-corrected chi connectivity index (χ4v) is 4.03. The normalized spacial score (nSPS) is 18.8. The van der Waals surface area contributed by atoms with E-state index in [0.717, 1.165) is 18.6 Å². The van der Waals surface area contributed by atoms with Gasteiger partial charge in [0.1, 0.15) is 5.15 Å². The molecule has 2 N–H and O–H groups in total. The number of thiophene rings is 1. The first kappa shape index (κ1) is 12.4. The van der Waals surface area contributed by atoms with Crippen LogP contribution in [0.3, 0.4) is 0 Å². The van der Waals surface area contributed by atoms with Gasteiger partial charge in [-0.25, -0.2) is 4.98 Å². The van der Waals surface area contributed by atoms with Gasteiger partial charge in [-0.2, -0.15) is 0 Å². The van der Waals surface area contributed by atoms with E-state index in [1.807, 2.05) is 17.4 Å². The second kappa shape index (κ2) is 4.58. The molecular formula is C15H14ClN3S. The van der Waals surface area contributed by atoms with Gasteiger partial charge in [0.15, 0.2) is 0 Å². The Morgan fingerprint density at radius 2 is 2.20 bits per heavy atom. The zero-order valence-electron chi connectivity index (χ0n) is 11.0. The number of anilines is 1. The molecule has 1 aliphatic rings. The maximum atomic E-state index is 6.00. The first-order valence-corrected chi connectivity index (χ1v) is 7.90. The minimum absolute atomic E-state index is 0.479. The Bertz CT molecular complexity index is 812. The van der Waals surface area contributed by atoms with Gasteiger partial charge >= 0.3 is 0 Å². The number of halogens is 1. The van der Waals surface area contributed by atoms with Gasteiger partial charge in [-0.1, -0.05) is 11.6 Å². The largest absolute Gasteiger partial charge is 0.382 e. The summed E-state index contributed by atoms with van der Waals surface area (Å²) >= 11 is 7.85. The number of benzene rings is 1. The highest BCUT2D eigenvalue weighted by molar-refractivity contribution is 7.20. The number of hydrogen-bond donors (Lipinski definition) is 2. The number of fused-ring (bicyclic) bond motifs is 5. The van der Waals surface area contributed by atoms with Crippen molar-refractivity contribution in [2.45, 2.75) is 19.5 Å². The first-order chi connectivity index (χ1) is 9.72. The Balaban J connectivity index is 2.04. The van der Waals surface area contributed by atoms with E-state index in [2.05, 4.69) is 40.7 Å². The third kappa shape index (κ3) is 1.87. The average molecular weight is 304 g/mol. The van der Waals surface area contributed by atoms with Crippen LogP contribution in [-0.2, 0) is 6.54 Å². The summed E-state index contributed by atoms with van der Waals surface area (Å²) < 4.78 is 1.30. The van der Waals surface area contributed by atoms with Crippen molar-refractivity contribution in [2.75, 3.05) is 11.9 Å². The minimum Gasteiger partial charge on any atom is -0.382 e. The maximum absolute atomic E-state index is 6.00. The van der Waals surface area contributed by atoms with E-state index in [1.165, 1.54) is 26.0 Å². The van der Waals surface area contributed by atoms with Crippen molar-refractivity contribution >= 4 is 49.6 Å². The van der Waals surface area contributed by atoms with Crippen LogP contribution in [0.1, 0.15) is 11.8 Å². The van der Waals surface area contributed by atoms with Crippen LogP contribution in [0.5, 0.6) is 0 Å². The van der Waals surface area contributed by atoms with Crippen LogP contribution in [0, 0.1) is 0 Å². The van der Waals surface area contributed by atoms with Crippen molar-refractivity contribution in [3.8, 4) is 0 Å². The van der Waals surface area contributed by atoms with Gasteiger partial charge in [0.2, 0.25) is 0 Å². The van der Waals surface area contributed by atoms with Crippen molar-refractivity contribution in [1.82, 2.24) is 10.3 Å². The lowest BCUT2D eigenvalue weighted by atomic mass is 10.1. The van der Waals surface area contributed by atoms with Crippen molar-refractivity contribution in [2.24, 2.45) is 0 Å². The predicted octanol–water partition coefficient (Wildman–Crippen LogP) is 4.01. The van der Waals surface area contributed by atoms with Gasteiger partial charge in [-0.3, -0.25) is 0 Å². The molecule has 1 atom stereocenters. The molecule has 0 amide bonds. The van der Waals surface area contributed by atoms with Gasteiger partial charge in [0, 0.05) is 39.5 Å². The molecule has 3 heterocycles. The molecule has 2 aromatic heterocycles. The highest BCUT2D eigenvalue weighted by Crippen LogP contribution is 2.40. The van der Waals surface area contributed by atoms with Crippen molar-refractivity contribution in [3.05, 3.63) is 34.3 Å². The van der Waals surface area contributed by atoms with Gasteiger partial charge in [0.05, 0.1) is 11.2 Å². The smallest absolute Gasteiger partial charge is 0.129 e. The summed E-state index contributed by atoms with van der Waals surface area (Å²) in [6.45, 7) is 4.06. The molecule has 0 saturated carbocycles. The molecule has 102 valence electrons. The van der Waals surface area contributed by atoms with Crippen molar-refractivity contribution in [3.63, 3.8) is 0 Å². The van der Waals surface area contributed by atoms with Gasteiger partial charge in [0.25, 0.3) is 0 Å². The number of hydrogen-bond acceptors (Lipinski definition) is 4. The zero-order valence-corrected chi connectivity index (χ0v) is 12.6. The maximum Gasteiger partial charge on any atom is 0.129 e. The van der Waals surface area contributed by atoms with E-state index in [1.54, 1.807) is 0 Å². The molecule has 3 aromatic rings. The lowest BCUT2D eigenvalue weighted by Crippen LogP contribution is -2.29. The molecule has 0 radical (unpaired) electrons. The van der Waals surface area contributed by atoms with Crippen LogP contribution in [0.2, 0.25) is 5.15 Å². The molecule has 0 spiro atoms. The lowest BCUT2D eigenvalue weighted by Gasteiger charge is -2.09. The van der Waals surface area contributed by atoms with Crippen LogP contribution in [0.4, 0.5) is 5.69 Å². The van der Waals surface area contributed by atoms with Crippen LogP contribution in [-0.4, -0.2) is 17.6 Å². The summed E-state index contributed by atoms with van der Waals surface area (Å²) in [5.41, 5.74) is 2.22. The molecule has 0 fully saturated rings. The molecule has 1 aliphatic heterocycles. The van der Waals surface area contributed by atoms with Crippen LogP contribution >= 0.6 is 22.9 Å². The molecule has 3 nitrogen and oxygen atoms in total. The summed E-state index contributed by atoms with van der Waals surface area (Å²) in [7, 11) is 0. The average Bonchev–Trinajstić information content (AvgIpc) is 2.70. The fourth-order valence-electron chi connectivity index (χ4n) is 2.73. The van der Waals surface area contributed by atoms with E-state index < -0.39 is 0 Å². The number of aromatic nitrogens is 1. The van der Waals surface area contributed by atoms with E-state index >= 15 is 0 Å². The van der Waals surface area contributed by atoms with E-state index in [-0.39, 0.29) is 0 Å². The molecule has 0 bridgehead atoms. The number of nitrogens with one attached hydrogen (secondary N) is 2. The third-order valence-electron chi connectivity index (χ3n) is 3.76. The Labute approximate surface area is 126 Å².